The summed E-state index contributed by atoms with van der Waals surface area (Å²) < 4.78 is 0. The Kier molecular flexibility index (Phi) is 4.18. The Morgan fingerprint density at radius 1 is 1.21 bits per heavy atom. The van der Waals surface area contributed by atoms with Gasteiger partial charge < -0.3 is 5.11 Å². The summed E-state index contributed by atoms with van der Waals surface area (Å²) in [5.41, 5.74) is 1.76. The van der Waals surface area contributed by atoms with Crippen LogP contribution in [0.5, 0.6) is 5.75 Å². The first-order chi connectivity index (χ1) is 11.5. The first-order valence-electron chi connectivity index (χ1n) is 7.17. The fourth-order valence-corrected chi connectivity index (χ4v) is 2.49. The Hall–Kier alpha value is -2.92. The number of imide groups is 1. The lowest BCUT2D eigenvalue weighted by Gasteiger charge is -2.09. The molecule has 120 valence electrons. The Balaban J connectivity index is 1.91. The van der Waals surface area contributed by atoms with Crippen LogP contribution in [0, 0.1) is 0 Å². The largest absolute Gasteiger partial charge is 0.506 e. The lowest BCUT2D eigenvalue weighted by Crippen LogP contribution is -2.29. The maximum atomic E-state index is 12.5. The van der Waals surface area contributed by atoms with Gasteiger partial charge in [0.15, 0.2) is 0 Å². The van der Waals surface area contributed by atoms with Crippen LogP contribution in [0.15, 0.2) is 59.2 Å². The molecule has 5 nitrogen and oxygen atoms in total. The summed E-state index contributed by atoms with van der Waals surface area (Å²) >= 11 is 5.87. The SMILES string of the molecule is CC1=NN(C(=O)c2ccccc2)C(=O)/C1=C/c1ccc(O)c(Cl)c1. The maximum Gasteiger partial charge on any atom is 0.283 e. The number of hydrogen-bond acceptors (Lipinski definition) is 4. The lowest BCUT2D eigenvalue weighted by atomic mass is 10.1. The third kappa shape index (κ3) is 2.94. The highest BCUT2D eigenvalue weighted by molar-refractivity contribution is 6.32. The molecular formula is C18H13ClN2O3. The molecule has 0 aromatic heterocycles. The number of hydrogen-bond donors (Lipinski definition) is 1. The van der Waals surface area contributed by atoms with E-state index in [9.17, 15) is 14.7 Å². The molecule has 0 atom stereocenters. The fourth-order valence-electron chi connectivity index (χ4n) is 2.30. The number of halogens is 1. The molecular weight excluding hydrogens is 328 g/mol. The number of benzene rings is 2. The van der Waals surface area contributed by atoms with Crippen molar-refractivity contribution in [2.75, 3.05) is 0 Å². The van der Waals surface area contributed by atoms with Crippen molar-refractivity contribution in [2.45, 2.75) is 6.92 Å². The van der Waals surface area contributed by atoms with Gasteiger partial charge in [-0.15, -0.1) is 0 Å². The third-order valence-electron chi connectivity index (χ3n) is 3.56. The number of aromatic hydroxyl groups is 1. The van der Waals surface area contributed by atoms with Crippen LogP contribution >= 0.6 is 11.6 Å². The van der Waals surface area contributed by atoms with E-state index < -0.39 is 11.8 Å². The number of hydrazone groups is 1. The van der Waals surface area contributed by atoms with E-state index in [0.717, 1.165) is 5.01 Å². The molecule has 1 aliphatic rings. The molecule has 0 radical (unpaired) electrons. The van der Waals surface area contributed by atoms with Gasteiger partial charge in [0.25, 0.3) is 11.8 Å². The first-order valence-corrected chi connectivity index (χ1v) is 7.55. The maximum absolute atomic E-state index is 12.5. The minimum atomic E-state index is -0.495. The average Bonchev–Trinajstić information content (AvgIpc) is 2.86. The van der Waals surface area contributed by atoms with Crippen LogP contribution in [-0.4, -0.2) is 27.6 Å². The third-order valence-corrected chi connectivity index (χ3v) is 3.86. The predicted octanol–water partition coefficient (Wildman–Crippen LogP) is 3.49. The summed E-state index contributed by atoms with van der Waals surface area (Å²) in [6.07, 6.45) is 1.59. The lowest BCUT2D eigenvalue weighted by molar-refractivity contribution is -0.123. The minimum absolute atomic E-state index is 0.0390. The van der Waals surface area contributed by atoms with E-state index >= 15 is 0 Å². The molecule has 1 N–H and O–H groups in total. The van der Waals surface area contributed by atoms with E-state index in [1.165, 1.54) is 12.1 Å². The Labute approximate surface area is 143 Å². The van der Waals surface area contributed by atoms with Gasteiger partial charge in [-0.25, -0.2) is 0 Å². The van der Waals surface area contributed by atoms with E-state index in [-0.39, 0.29) is 10.8 Å². The second-order valence-corrected chi connectivity index (χ2v) is 5.65. The standard InChI is InChI=1S/C18H13ClN2O3/c1-11-14(9-12-7-8-16(22)15(19)10-12)18(24)21(20-11)17(23)13-5-3-2-4-6-13/h2-10,22H,1H3/b14-9+. The second-order valence-electron chi connectivity index (χ2n) is 5.24. The van der Waals surface area contributed by atoms with Crippen molar-refractivity contribution < 1.29 is 14.7 Å². The summed E-state index contributed by atoms with van der Waals surface area (Å²) in [7, 11) is 0. The van der Waals surface area contributed by atoms with Gasteiger partial charge >= 0.3 is 0 Å². The fraction of sp³-hybridized carbons (Fsp3) is 0.0556. The number of phenols is 1. The van der Waals surface area contributed by atoms with Crippen molar-refractivity contribution in [3.05, 3.63) is 70.3 Å². The molecule has 1 aliphatic heterocycles. The zero-order valence-corrected chi connectivity index (χ0v) is 13.5. The zero-order valence-electron chi connectivity index (χ0n) is 12.7. The molecule has 2 aromatic carbocycles. The number of amides is 2. The summed E-state index contributed by atoms with van der Waals surface area (Å²) in [4.78, 5) is 24.9. The van der Waals surface area contributed by atoms with Crippen molar-refractivity contribution >= 4 is 35.2 Å². The highest BCUT2D eigenvalue weighted by atomic mass is 35.5. The van der Waals surface area contributed by atoms with Gasteiger partial charge in [0.1, 0.15) is 5.75 Å². The molecule has 0 fully saturated rings. The zero-order chi connectivity index (χ0) is 17.3. The number of phenolic OH excluding ortho intramolecular Hbond substituents is 1. The molecule has 0 saturated heterocycles. The van der Waals surface area contributed by atoms with E-state index in [2.05, 4.69) is 5.10 Å². The molecule has 3 rings (SSSR count). The van der Waals surface area contributed by atoms with Crippen LogP contribution in [0.3, 0.4) is 0 Å². The molecule has 0 bridgehead atoms. The summed E-state index contributed by atoms with van der Waals surface area (Å²) in [6.45, 7) is 1.66. The Bertz CT molecular complexity index is 888. The van der Waals surface area contributed by atoms with Gasteiger partial charge in [-0.3, -0.25) is 9.59 Å². The molecule has 0 saturated carbocycles. The molecule has 2 amide bonds. The number of nitrogens with zero attached hydrogens (tertiary/aromatic N) is 2. The predicted molar refractivity (Wildman–Crippen MR) is 91.8 cm³/mol. The Morgan fingerprint density at radius 2 is 1.92 bits per heavy atom. The highest BCUT2D eigenvalue weighted by Crippen LogP contribution is 2.26. The second kappa shape index (κ2) is 6.29. The van der Waals surface area contributed by atoms with Gasteiger partial charge in [-0.2, -0.15) is 10.1 Å². The van der Waals surface area contributed by atoms with Crippen LogP contribution in [0.4, 0.5) is 0 Å². The van der Waals surface area contributed by atoms with Gasteiger partial charge in [0, 0.05) is 5.56 Å². The van der Waals surface area contributed by atoms with Crippen molar-refractivity contribution in [3.8, 4) is 5.75 Å². The van der Waals surface area contributed by atoms with Crippen molar-refractivity contribution in [2.24, 2.45) is 5.10 Å². The minimum Gasteiger partial charge on any atom is -0.506 e. The van der Waals surface area contributed by atoms with Crippen LogP contribution < -0.4 is 0 Å². The monoisotopic (exact) mass is 340 g/mol. The quantitative estimate of drug-likeness (QED) is 0.672. The molecule has 0 spiro atoms. The van der Waals surface area contributed by atoms with Gasteiger partial charge in [0.05, 0.1) is 16.3 Å². The van der Waals surface area contributed by atoms with E-state index in [1.807, 2.05) is 0 Å². The molecule has 0 unspecified atom stereocenters. The first kappa shape index (κ1) is 16.0. The van der Waals surface area contributed by atoms with Crippen LogP contribution in [0.2, 0.25) is 5.02 Å². The van der Waals surface area contributed by atoms with E-state index in [0.29, 0.717) is 22.4 Å². The summed E-state index contributed by atoms with van der Waals surface area (Å²) in [5, 5.41) is 14.6. The highest BCUT2D eigenvalue weighted by Gasteiger charge is 2.32. The number of rotatable bonds is 2. The van der Waals surface area contributed by atoms with Gasteiger partial charge in [-0.1, -0.05) is 35.9 Å². The van der Waals surface area contributed by atoms with Gasteiger partial charge in [-0.05, 0) is 42.8 Å². The topological polar surface area (TPSA) is 70.0 Å². The van der Waals surface area contributed by atoms with E-state index in [4.69, 9.17) is 11.6 Å². The Morgan fingerprint density at radius 3 is 2.58 bits per heavy atom. The molecule has 0 aliphatic carbocycles. The number of carbonyl (C=O) groups is 2. The van der Waals surface area contributed by atoms with Crippen molar-refractivity contribution in [3.63, 3.8) is 0 Å². The summed E-state index contributed by atoms with van der Waals surface area (Å²) in [5.74, 6) is -1.01. The molecule has 6 heteroatoms. The molecule has 2 aromatic rings. The van der Waals surface area contributed by atoms with Crippen LogP contribution in [0.25, 0.3) is 6.08 Å². The molecule has 24 heavy (non-hydrogen) atoms. The molecule has 1 heterocycles. The van der Waals surface area contributed by atoms with Crippen molar-refractivity contribution in [1.82, 2.24) is 5.01 Å². The van der Waals surface area contributed by atoms with Crippen molar-refractivity contribution in [1.29, 1.82) is 0 Å². The average molecular weight is 341 g/mol. The normalized spacial score (nSPS) is 15.8. The van der Waals surface area contributed by atoms with Crippen LogP contribution in [0.1, 0.15) is 22.8 Å². The van der Waals surface area contributed by atoms with Gasteiger partial charge in [0.2, 0.25) is 0 Å². The van der Waals surface area contributed by atoms with E-state index in [1.54, 1.807) is 49.4 Å². The summed E-state index contributed by atoms with van der Waals surface area (Å²) in [6, 6.07) is 13.1. The smallest absolute Gasteiger partial charge is 0.283 e. The van der Waals surface area contributed by atoms with Crippen LogP contribution in [-0.2, 0) is 4.79 Å². The number of carbonyl (C=O) groups excluding carboxylic acids is 2.